The van der Waals surface area contributed by atoms with Gasteiger partial charge in [-0.05, 0) is 58.7 Å². The Bertz CT molecular complexity index is 1510. The first-order valence-corrected chi connectivity index (χ1v) is 10.3. The number of aryl methyl sites for hydroxylation is 2. The van der Waals surface area contributed by atoms with E-state index in [4.69, 9.17) is 0 Å². The van der Waals surface area contributed by atoms with Gasteiger partial charge in [-0.25, -0.2) is 0 Å². The predicted octanol–water partition coefficient (Wildman–Crippen LogP) is 5.39. The fourth-order valence-corrected chi connectivity index (χ4v) is 4.36. The molecule has 0 aliphatic carbocycles. The summed E-state index contributed by atoms with van der Waals surface area (Å²) in [6.07, 6.45) is 0. The predicted molar refractivity (Wildman–Crippen MR) is 131 cm³/mol. The van der Waals surface area contributed by atoms with Crippen molar-refractivity contribution in [1.82, 2.24) is 0 Å². The summed E-state index contributed by atoms with van der Waals surface area (Å²) in [6, 6.07) is 13.3. The van der Waals surface area contributed by atoms with Crippen LogP contribution in [0.4, 0.5) is 0 Å². The number of phenols is 2. The minimum Gasteiger partial charge on any atom is -0.824 e. The van der Waals surface area contributed by atoms with E-state index in [0.717, 1.165) is 10.8 Å². The molecular formula is C26H16N4O4W2. The Morgan fingerprint density at radius 3 is 1.61 bits per heavy atom. The largest absolute Gasteiger partial charge is 2.00 e. The van der Waals surface area contributed by atoms with Gasteiger partial charge < -0.3 is 41.3 Å². The molecule has 4 aromatic carbocycles. The van der Waals surface area contributed by atoms with Crippen molar-refractivity contribution < 1.29 is 61.9 Å². The van der Waals surface area contributed by atoms with Crippen LogP contribution in [0.2, 0.25) is 0 Å². The fourth-order valence-electron chi connectivity index (χ4n) is 4.36. The average Bonchev–Trinajstić information content (AvgIpc) is 2.81. The molecule has 0 radical (unpaired) electrons. The molecule has 6 rings (SSSR count). The van der Waals surface area contributed by atoms with Crippen LogP contribution in [0.1, 0.15) is 43.0 Å². The standard InChI is InChI=1S/2C13H9N2O2.2W/c1-6-7-3-2-4-8-11(7)9(5-10(6)16)12(14)15-13(8)17;1-6-7-3-2-4-8-11(7)9(5-10(6)16)13(17)15-12(8)14;;/h2*2-5H,1H3,(H2-,14,15,16,17);;/q2*-1;2*+2/p-2. The summed E-state index contributed by atoms with van der Waals surface area (Å²) in [6.45, 7) is 3.54. The van der Waals surface area contributed by atoms with Gasteiger partial charge in [0, 0.05) is 11.1 Å². The molecule has 2 aliphatic heterocycles. The number of aromatic hydroxyl groups is 2. The Hall–Kier alpha value is -3.34. The average molecular weight is 816 g/mol. The molecule has 176 valence electrons. The minimum atomic E-state index is -0.526. The molecule has 0 saturated heterocycles. The van der Waals surface area contributed by atoms with Gasteiger partial charge in [0.25, 0.3) is 0 Å². The molecule has 8 nitrogen and oxygen atoms in total. The van der Waals surface area contributed by atoms with Crippen LogP contribution >= 0.6 is 0 Å². The number of carbonyl (C=O) groups is 2. The molecule has 2 N–H and O–H groups in total. The number of amidine groups is 2. The molecule has 2 heterocycles. The molecule has 0 spiro atoms. The molecule has 0 bridgehead atoms. The first-order chi connectivity index (χ1) is 16.2. The van der Waals surface area contributed by atoms with Crippen molar-refractivity contribution in [3.8, 4) is 11.5 Å². The van der Waals surface area contributed by atoms with Gasteiger partial charge in [0.15, 0.2) is 0 Å². The summed E-state index contributed by atoms with van der Waals surface area (Å²) in [7, 11) is 0. The third-order valence-electron chi connectivity index (χ3n) is 6.16. The first kappa shape index (κ1) is 27.2. The smallest absolute Gasteiger partial charge is 0.824 e. The molecule has 4 aromatic rings. The van der Waals surface area contributed by atoms with E-state index in [1.54, 1.807) is 38.1 Å². The number of phenolic OH excluding ortho intramolecular Hbond substituents is 2. The second kappa shape index (κ2) is 9.96. The fraction of sp³-hybridized carbons (Fsp3) is 0.0769. The molecule has 0 fully saturated rings. The number of benzene rings is 4. The molecule has 2 amide bonds. The van der Waals surface area contributed by atoms with E-state index < -0.39 is 11.8 Å². The third-order valence-corrected chi connectivity index (χ3v) is 6.16. The van der Waals surface area contributed by atoms with Crippen LogP contribution in [0, 0.1) is 13.8 Å². The van der Waals surface area contributed by atoms with Crippen LogP contribution in [-0.2, 0) is 42.1 Å². The number of carbonyl (C=O) groups excluding carboxylic acids is 2. The van der Waals surface area contributed by atoms with E-state index in [0.29, 0.717) is 44.2 Å². The van der Waals surface area contributed by atoms with Crippen molar-refractivity contribution in [2.24, 2.45) is 0 Å². The SMILES string of the molecule is Cc1c(O)cc2c3c(cccc13)C(=O)[N-]C2=[N-].Cc1c(O)cc2c3c(cccc13)C(=[N-])[N-]C2=O.[W+2].[W+2]. The van der Waals surface area contributed by atoms with E-state index in [2.05, 4.69) is 10.6 Å². The van der Waals surface area contributed by atoms with E-state index in [1.807, 2.05) is 12.1 Å². The van der Waals surface area contributed by atoms with Crippen LogP contribution in [0.25, 0.3) is 43.0 Å². The van der Waals surface area contributed by atoms with E-state index >= 15 is 0 Å². The van der Waals surface area contributed by atoms with Crippen molar-refractivity contribution in [2.75, 3.05) is 0 Å². The van der Waals surface area contributed by atoms with E-state index in [9.17, 15) is 30.6 Å². The van der Waals surface area contributed by atoms with Gasteiger partial charge in [-0.2, -0.15) is 0 Å². The van der Waals surface area contributed by atoms with Gasteiger partial charge in [0.1, 0.15) is 11.5 Å². The van der Waals surface area contributed by atoms with Gasteiger partial charge in [-0.3, -0.25) is 11.7 Å². The molecule has 0 atom stereocenters. The van der Waals surface area contributed by atoms with E-state index in [1.165, 1.54) is 12.1 Å². The number of hydrogen-bond acceptors (Lipinski definition) is 4. The quantitative estimate of drug-likeness (QED) is 0.245. The zero-order valence-electron chi connectivity index (χ0n) is 18.9. The summed E-state index contributed by atoms with van der Waals surface area (Å²) in [5.74, 6) is -1.44. The van der Waals surface area contributed by atoms with Crippen LogP contribution in [-0.4, -0.2) is 33.7 Å². The van der Waals surface area contributed by atoms with Crippen molar-refractivity contribution >= 4 is 45.0 Å². The van der Waals surface area contributed by atoms with Crippen molar-refractivity contribution in [3.05, 3.63) is 103 Å². The van der Waals surface area contributed by atoms with Gasteiger partial charge >= 0.3 is 42.1 Å². The topological polar surface area (TPSA) is 147 Å². The Kier molecular flexibility index (Phi) is 7.54. The molecule has 0 aromatic heterocycles. The Labute approximate surface area is 234 Å². The van der Waals surface area contributed by atoms with Gasteiger partial charge in [0.05, 0.1) is 11.8 Å². The first-order valence-electron chi connectivity index (χ1n) is 10.3. The Morgan fingerprint density at radius 2 is 1.06 bits per heavy atom. The second-order valence-corrected chi connectivity index (χ2v) is 8.07. The van der Waals surface area contributed by atoms with Crippen molar-refractivity contribution in [1.29, 1.82) is 0 Å². The number of rotatable bonds is 0. The zero-order valence-corrected chi connectivity index (χ0v) is 24.8. The summed E-state index contributed by atoms with van der Waals surface area (Å²) in [4.78, 5) is 23.4. The van der Waals surface area contributed by atoms with Crippen LogP contribution in [0.3, 0.4) is 0 Å². The Balaban J connectivity index is 0.000000190. The molecule has 36 heavy (non-hydrogen) atoms. The van der Waals surface area contributed by atoms with Gasteiger partial charge in [-0.1, -0.05) is 47.5 Å². The monoisotopic (exact) mass is 816 g/mol. The summed E-state index contributed by atoms with van der Waals surface area (Å²) in [5.41, 5.74) is 3.09. The molecule has 0 saturated carbocycles. The molecule has 0 unspecified atom stereocenters. The van der Waals surface area contributed by atoms with Crippen molar-refractivity contribution in [3.63, 3.8) is 0 Å². The third kappa shape index (κ3) is 4.14. The van der Waals surface area contributed by atoms with Crippen LogP contribution in [0.5, 0.6) is 11.5 Å². The maximum atomic E-state index is 11.7. The zero-order chi connectivity index (χ0) is 24.3. The maximum Gasteiger partial charge on any atom is 2.00 e. The number of nitrogens with zero attached hydrogens (tertiary/aromatic N) is 4. The van der Waals surface area contributed by atoms with Crippen LogP contribution in [0.15, 0.2) is 48.5 Å². The minimum absolute atomic E-state index is 0. The molecule has 2 aliphatic rings. The summed E-state index contributed by atoms with van der Waals surface area (Å²) < 4.78 is 0. The Morgan fingerprint density at radius 1 is 0.639 bits per heavy atom. The summed E-state index contributed by atoms with van der Waals surface area (Å²) >= 11 is 0. The van der Waals surface area contributed by atoms with Crippen LogP contribution < -0.4 is 0 Å². The molecule has 10 heteroatoms. The number of hydrogen-bond donors (Lipinski definition) is 2. The van der Waals surface area contributed by atoms with Crippen molar-refractivity contribution in [2.45, 2.75) is 13.8 Å². The maximum absolute atomic E-state index is 11.7. The van der Waals surface area contributed by atoms with E-state index in [-0.39, 0.29) is 65.3 Å². The van der Waals surface area contributed by atoms with Gasteiger partial charge in [-0.15, -0.1) is 0 Å². The normalized spacial score (nSPS) is 13.2. The van der Waals surface area contributed by atoms with Gasteiger partial charge in [0.2, 0.25) is 0 Å². The second-order valence-electron chi connectivity index (χ2n) is 8.07. The summed E-state index contributed by atoms with van der Waals surface area (Å²) in [5, 5.41) is 48.8. The molecular weight excluding hydrogens is 800 g/mol. The number of amides is 2.